The van der Waals surface area contributed by atoms with Crippen molar-refractivity contribution in [3.8, 4) is 5.75 Å². The summed E-state index contributed by atoms with van der Waals surface area (Å²) >= 11 is 0. The van der Waals surface area contributed by atoms with Crippen molar-refractivity contribution >= 4 is 5.69 Å². The van der Waals surface area contributed by atoms with Gasteiger partial charge in [0.1, 0.15) is 11.9 Å². The Hall–Kier alpha value is -1.44. The summed E-state index contributed by atoms with van der Waals surface area (Å²) in [7, 11) is 2.10. The number of nitrogens with zero attached hydrogens (tertiary/aromatic N) is 1. The molecule has 0 saturated carbocycles. The van der Waals surface area contributed by atoms with Crippen molar-refractivity contribution in [3.63, 3.8) is 0 Å². The van der Waals surface area contributed by atoms with Crippen LogP contribution in [0.15, 0.2) is 36.0 Å². The number of hydrogen-bond acceptors (Lipinski definition) is 2. The van der Waals surface area contributed by atoms with Crippen molar-refractivity contribution in [3.05, 3.63) is 36.0 Å². The van der Waals surface area contributed by atoms with Crippen LogP contribution in [0.2, 0.25) is 0 Å². The van der Waals surface area contributed by atoms with Gasteiger partial charge in [-0.1, -0.05) is 25.1 Å². The van der Waals surface area contributed by atoms with Gasteiger partial charge in [0.15, 0.2) is 0 Å². The smallest absolute Gasteiger partial charge is 0.143 e. The average molecular weight is 203 g/mol. The van der Waals surface area contributed by atoms with E-state index in [2.05, 4.69) is 37.9 Å². The van der Waals surface area contributed by atoms with E-state index in [1.807, 2.05) is 18.2 Å². The third-order valence-electron chi connectivity index (χ3n) is 2.88. The summed E-state index contributed by atoms with van der Waals surface area (Å²) in [6.07, 6.45) is 3.32. The topological polar surface area (TPSA) is 12.5 Å². The molecule has 2 rings (SSSR count). The lowest BCUT2D eigenvalue weighted by Crippen LogP contribution is -2.34. The fourth-order valence-electron chi connectivity index (χ4n) is 2.07. The van der Waals surface area contributed by atoms with Crippen LogP contribution in [-0.4, -0.2) is 13.2 Å². The molecule has 0 bridgehead atoms. The number of anilines is 1. The molecule has 15 heavy (non-hydrogen) atoms. The molecule has 0 N–H and O–H groups in total. The van der Waals surface area contributed by atoms with E-state index in [-0.39, 0.29) is 6.10 Å². The van der Waals surface area contributed by atoms with Crippen molar-refractivity contribution in [2.24, 2.45) is 0 Å². The Kier molecular flexibility index (Phi) is 2.67. The maximum atomic E-state index is 5.95. The van der Waals surface area contributed by atoms with Crippen LogP contribution in [0.5, 0.6) is 5.75 Å². The minimum atomic E-state index is 0.190. The summed E-state index contributed by atoms with van der Waals surface area (Å²) in [4.78, 5) is 2.22. The second kappa shape index (κ2) is 3.97. The standard InChI is InChI=1S/C13H17NO/c1-4-10-12(5-2)15-13-9-7-6-8-11(13)14(10)3/h4,6-9,12H,5H2,1-3H3. The van der Waals surface area contributed by atoms with Gasteiger partial charge in [0.05, 0.1) is 11.4 Å². The molecule has 0 spiro atoms. The van der Waals surface area contributed by atoms with Gasteiger partial charge in [-0.05, 0) is 25.5 Å². The highest BCUT2D eigenvalue weighted by molar-refractivity contribution is 5.64. The van der Waals surface area contributed by atoms with Crippen LogP contribution in [0.3, 0.4) is 0 Å². The van der Waals surface area contributed by atoms with Gasteiger partial charge in [-0.3, -0.25) is 0 Å². The first-order valence-electron chi connectivity index (χ1n) is 5.43. The third kappa shape index (κ3) is 1.60. The van der Waals surface area contributed by atoms with E-state index in [0.717, 1.165) is 17.9 Å². The van der Waals surface area contributed by atoms with E-state index in [9.17, 15) is 0 Å². The van der Waals surface area contributed by atoms with Gasteiger partial charge in [-0.2, -0.15) is 0 Å². The zero-order chi connectivity index (χ0) is 10.8. The van der Waals surface area contributed by atoms with E-state index in [0.29, 0.717) is 0 Å². The maximum absolute atomic E-state index is 5.95. The molecule has 1 unspecified atom stereocenters. The molecule has 0 amide bonds. The summed E-state index contributed by atoms with van der Waals surface area (Å²) < 4.78 is 5.95. The van der Waals surface area contributed by atoms with Gasteiger partial charge in [-0.15, -0.1) is 0 Å². The Bertz CT molecular complexity index is 384. The minimum Gasteiger partial charge on any atom is -0.482 e. The van der Waals surface area contributed by atoms with Gasteiger partial charge in [-0.25, -0.2) is 0 Å². The lowest BCUT2D eigenvalue weighted by atomic mass is 10.1. The number of fused-ring (bicyclic) bond motifs is 1. The van der Waals surface area contributed by atoms with Crippen LogP contribution < -0.4 is 9.64 Å². The minimum absolute atomic E-state index is 0.190. The fourth-order valence-corrected chi connectivity index (χ4v) is 2.07. The zero-order valence-corrected chi connectivity index (χ0v) is 9.53. The quantitative estimate of drug-likeness (QED) is 0.695. The lowest BCUT2D eigenvalue weighted by molar-refractivity contribution is 0.220. The molecule has 80 valence electrons. The molecule has 2 heteroatoms. The van der Waals surface area contributed by atoms with Crippen molar-refractivity contribution in [2.75, 3.05) is 11.9 Å². The molecule has 0 fully saturated rings. The van der Waals surface area contributed by atoms with Crippen LogP contribution in [0, 0.1) is 0 Å². The Labute approximate surface area is 91.2 Å². The molecule has 0 saturated heterocycles. The molecule has 0 radical (unpaired) electrons. The van der Waals surface area contributed by atoms with E-state index in [1.54, 1.807) is 0 Å². The molecule has 0 aliphatic carbocycles. The molecule has 1 aromatic rings. The monoisotopic (exact) mass is 203 g/mol. The number of allylic oxidation sites excluding steroid dienone is 1. The number of hydrogen-bond donors (Lipinski definition) is 0. The van der Waals surface area contributed by atoms with E-state index in [1.165, 1.54) is 5.70 Å². The molecular formula is C13H17NO. The Morgan fingerprint density at radius 2 is 2.13 bits per heavy atom. The highest BCUT2D eigenvalue weighted by atomic mass is 16.5. The first kappa shape index (κ1) is 10.1. The maximum Gasteiger partial charge on any atom is 0.143 e. The highest BCUT2D eigenvalue weighted by Crippen LogP contribution is 2.37. The number of ether oxygens (including phenoxy) is 1. The second-order valence-electron chi connectivity index (χ2n) is 3.76. The van der Waals surface area contributed by atoms with Crippen molar-refractivity contribution in [1.82, 2.24) is 0 Å². The van der Waals surface area contributed by atoms with Gasteiger partial charge in [0, 0.05) is 7.05 Å². The highest BCUT2D eigenvalue weighted by Gasteiger charge is 2.26. The van der Waals surface area contributed by atoms with Crippen molar-refractivity contribution in [2.45, 2.75) is 26.4 Å². The largest absolute Gasteiger partial charge is 0.482 e. The molecule has 1 aliphatic heterocycles. The molecule has 1 atom stereocenters. The predicted molar refractivity (Wildman–Crippen MR) is 63.3 cm³/mol. The SMILES string of the molecule is CC=C1C(CC)Oc2ccccc2N1C. The average Bonchev–Trinajstić information content (AvgIpc) is 2.29. The Morgan fingerprint density at radius 1 is 1.40 bits per heavy atom. The number of para-hydroxylation sites is 2. The van der Waals surface area contributed by atoms with Crippen LogP contribution in [0.1, 0.15) is 20.3 Å². The van der Waals surface area contributed by atoms with E-state index in [4.69, 9.17) is 4.74 Å². The van der Waals surface area contributed by atoms with Gasteiger partial charge >= 0.3 is 0 Å². The number of likely N-dealkylation sites (N-methyl/N-ethyl adjacent to an activating group) is 1. The molecule has 1 heterocycles. The molecule has 1 aliphatic rings. The first-order valence-corrected chi connectivity index (χ1v) is 5.43. The van der Waals surface area contributed by atoms with Crippen LogP contribution >= 0.6 is 0 Å². The molecular weight excluding hydrogens is 186 g/mol. The van der Waals surface area contributed by atoms with E-state index < -0.39 is 0 Å². The Balaban J connectivity index is 2.45. The second-order valence-corrected chi connectivity index (χ2v) is 3.76. The number of rotatable bonds is 1. The summed E-state index contributed by atoms with van der Waals surface area (Å²) in [5, 5.41) is 0. The third-order valence-corrected chi connectivity index (χ3v) is 2.88. The summed E-state index contributed by atoms with van der Waals surface area (Å²) in [5.74, 6) is 0.984. The van der Waals surface area contributed by atoms with Crippen LogP contribution in [0.4, 0.5) is 5.69 Å². The summed E-state index contributed by atoms with van der Waals surface area (Å²) in [6.45, 7) is 4.21. The van der Waals surface area contributed by atoms with E-state index >= 15 is 0 Å². The molecule has 1 aromatic carbocycles. The normalized spacial score (nSPS) is 22.5. The Morgan fingerprint density at radius 3 is 2.80 bits per heavy atom. The van der Waals surface area contributed by atoms with Crippen molar-refractivity contribution < 1.29 is 4.74 Å². The molecule has 2 nitrogen and oxygen atoms in total. The lowest BCUT2D eigenvalue weighted by Gasteiger charge is -2.36. The van der Waals surface area contributed by atoms with Crippen LogP contribution in [-0.2, 0) is 0 Å². The molecule has 0 aromatic heterocycles. The zero-order valence-electron chi connectivity index (χ0n) is 9.53. The van der Waals surface area contributed by atoms with Gasteiger partial charge < -0.3 is 9.64 Å². The predicted octanol–water partition coefficient (Wildman–Crippen LogP) is 3.20. The fraction of sp³-hybridized carbons (Fsp3) is 0.385. The summed E-state index contributed by atoms with van der Waals surface area (Å²) in [6, 6.07) is 8.17. The number of benzene rings is 1. The van der Waals surface area contributed by atoms with Gasteiger partial charge in [0.2, 0.25) is 0 Å². The van der Waals surface area contributed by atoms with Gasteiger partial charge in [0.25, 0.3) is 0 Å². The van der Waals surface area contributed by atoms with Crippen molar-refractivity contribution in [1.29, 1.82) is 0 Å². The first-order chi connectivity index (χ1) is 7.27. The van der Waals surface area contributed by atoms with Crippen LogP contribution in [0.25, 0.3) is 0 Å². The summed E-state index contributed by atoms with van der Waals surface area (Å²) in [5.41, 5.74) is 2.39.